The Labute approximate surface area is 96.2 Å². The van der Waals surface area contributed by atoms with E-state index in [2.05, 4.69) is 31.2 Å². The smallest absolute Gasteiger partial charge is 0.142 e. The standard InChI is InChI=1S/C10H12BrN3O/c1-2-12-8(10-13-4-5-14-10)9-7(11)3-6-15-9/h3-6,8,12H,2H2,1H3,(H,13,14). The van der Waals surface area contributed by atoms with Gasteiger partial charge in [0.1, 0.15) is 17.6 Å². The van der Waals surface area contributed by atoms with Crippen LogP contribution in [0.3, 0.4) is 0 Å². The van der Waals surface area contributed by atoms with E-state index in [9.17, 15) is 0 Å². The van der Waals surface area contributed by atoms with E-state index in [0.29, 0.717) is 0 Å². The van der Waals surface area contributed by atoms with Crippen molar-refractivity contribution in [1.29, 1.82) is 0 Å². The first-order chi connectivity index (χ1) is 7.33. The van der Waals surface area contributed by atoms with Gasteiger partial charge in [-0.2, -0.15) is 0 Å². The highest BCUT2D eigenvalue weighted by Crippen LogP contribution is 2.27. The molecule has 4 nitrogen and oxygen atoms in total. The van der Waals surface area contributed by atoms with Crippen molar-refractivity contribution in [2.24, 2.45) is 0 Å². The molecule has 2 heterocycles. The molecule has 0 saturated carbocycles. The Bertz CT molecular complexity index is 410. The quantitative estimate of drug-likeness (QED) is 0.897. The molecule has 0 amide bonds. The molecule has 2 N–H and O–H groups in total. The van der Waals surface area contributed by atoms with Gasteiger partial charge in [0.2, 0.25) is 0 Å². The first-order valence-electron chi connectivity index (χ1n) is 4.78. The minimum atomic E-state index is -0.0330. The fraction of sp³-hybridized carbons (Fsp3) is 0.300. The molecule has 15 heavy (non-hydrogen) atoms. The number of aromatic nitrogens is 2. The predicted octanol–water partition coefficient (Wildman–Crippen LogP) is 2.46. The normalized spacial score (nSPS) is 12.9. The molecular formula is C10H12BrN3O. The lowest BCUT2D eigenvalue weighted by Crippen LogP contribution is -2.22. The SMILES string of the molecule is CCNC(c1ncc[nH]1)c1occc1Br. The summed E-state index contributed by atoms with van der Waals surface area (Å²) >= 11 is 3.45. The van der Waals surface area contributed by atoms with Crippen LogP contribution in [0.25, 0.3) is 0 Å². The van der Waals surface area contributed by atoms with Gasteiger partial charge in [-0.15, -0.1) is 0 Å². The molecule has 0 aliphatic heterocycles. The highest BCUT2D eigenvalue weighted by atomic mass is 79.9. The Morgan fingerprint density at radius 3 is 3.07 bits per heavy atom. The summed E-state index contributed by atoms with van der Waals surface area (Å²) in [6.07, 6.45) is 5.19. The first-order valence-corrected chi connectivity index (χ1v) is 5.57. The Morgan fingerprint density at radius 2 is 2.53 bits per heavy atom. The number of hydrogen-bond donors (Lipinski definition) is 2. The molecule has 0 bridgehead atoms. The zero-order valence-electron chi connectivity index (χ0n) is 8.33. The summed E-state index contributed by atoms with van der Waals surface area (Å²) in [7, 11) is 0. The number of rotatable bonds is 4. The van der Waals surface area contributed by atoms with Crippen molar-refractivity contribution in [3.8, 4) is 0 Å². The molecule has 2 aromatic rings. The number of furan rings is 1. The molecule has 2 rings (SSSR count). The van der Waals surface area contributed by atoms with Crippen LogP contribution in [-0.4, -0.2) is 16.5 Å². The van der Waals surface area contributed by atoms with E-state index in [1.165, 1.54) is 0 Å². The molecule has 0 aliphatic rings. The maximum atomic E-state index is 5.43. The predicted molar refractivity (Wildman–Crippen MR) is 60.5 cm³/mol. The van der Waals surface area contributed by atoms with Crippen LogP contribution in [0.5, 0.6) is 0 Å². The van der Waals surface area contributed by atoms with Crippen LogP contribution in [-0.2, 0) is 0 Å². The highest BCUT2D eigenvalue weighted by molar-refractivity contribution is 9.10. The van der Waals surface area contributed by atoms with E-state index in [0.717, 1.165) is 22.6 Å². The summed E-state index contributed by atoms with van der Waals surface area (Å²) < 4.78 is 6.38. The van der Waals surface area contributed by atoms with Gasteiger partial charge in [-0.25, -0.2) is 4.98 Å². The first kappa shape index (κ1) is 10.4. The maximum Gasteiger partial charge on any atom is 0.142 e. The number of hydrogen-bond acceptors (Lipinski definition) is 3. The molecule has 0 radical (unpaired) electrons. The summed E-state index contributed by atoms with van der Waals surface area (Å²) in [6.45, 7) is 2.89. The van der Waals surface area contributed by atoms with Gasteiger partial charge in [-0.05, 0) is 28.5 Å². The van der Waals surface area contributed by atoms with Crippen molar-refractivity contribution in [2.75, 3.05) is 6.54 Å². The fourth-order valence-corrected chi connectivity index (χ4v) is 1.89. The van der Waals surface area contributed by atoms with Crippen LogP contribution in [0.15, 0.2) is 33.6 Å². The Hall–Kier alpha value is -1.07. The maximum absolute atomic E-state index is 5.43. The van der Waals surface area contributed by atoms with Crippen LogP contribution in [0.2, 0.25) is 0 Å². The summed E-state index contributed by atoms with van der Waals surface area (Å²) in [5.74, 6) is 1.69. The second-order valence-electron chi connectivity index (χ2n) is 3.10. The van der Waals surface area contributed by atoms with E-state index in [1.54, 1.807) is 18.7 Å². The number of aromatic amines is 1. The molecule has 0 saturated heterocycles. The van der Waals surface area contributed by atoms with Crippen LogP contribution in [0.4, 0.5) is 0 Å². The van der Waals surface area contributed by atoms with Crippen molar-refractivity contribution in [3.05, 3.63) is 40.8 Å². The summed E-state index contributed by atoms with van der Waals surface area (Å²) in [6, 6.07) is 1.84. The molecule has 1 unspecified atom stereocenters. The molecule has 1 atom stereocenters. The number of nitrogens with one attached hydrogen (secondary N) is 2. The van der Waals surface area contributed by atoms with E-state index in [4.69, 9.17) is 4.42 Å². The van der Waals surface area contributed by atoms with Gasteiger partial charge in [0.25, 0.3) is 0 Å². The number of nitrogens with zero attached hydrogens (tertiary/aromatic N) is 1. The van der Waals surface area contributed by atoms with Crippen molar-refractivity contribution in [3.63, 3.8) is 0 Å². The van der Waals surface area contributed by atoms with Crippen LogP contribution >= 0.6 is 15.9 Å². The van der Waals surface area contributed by atoms with Crippen LogP contribution < -0.4 is 5.32 Å². The average molecular weight is 270 g/mol. The van der Waals surface area contributed by atoms with E-state index in [1.807, 2.05) is 13.0 Å². The minimum absolute atomic E-state index is 0.0330. The third kappa shape index (κ3) is 2.13. The van der Waals surface area contributed by atoms with Crippen LogP contribution in [0.1, 0.15) is 24.6 Å². The molecule has 80 valence electrons. The third-order valence-corrected chi connectivity index (χ3v) is 2.76. The van der Waals surface area contributed by atoms with Gasteiger partial charge in [0.15, 0.2) is 0 Å². The molecule has 0 aliphatic carbocycles. The molecule has 0 fully saturated rings. The van der Waals surface area contributed by atoms with Gasteiger partial charge in [-0.1, -0.05) is 6.92 Å². The van der Waals surface area contributed by atoms with Gasteiger partial charge in [0.05, 0.1) is 10.7 Å². The largest absolute Gasteiger partial charge is 0.466 e. The summed E-state index contributed by atoms with van der Waals surface area (Å²) in [5.41, 5.74) is 0. The second kappa shape index (κ2) is 4.63. The zero-order chi connectivity index (χ0) is 10.7. The molecule has 2 aromatic heterocycles. The molecule has 0 aromatic carbocycles. The van der Waals surface area contributed by atoms with Gasteiger partial charge < -0.3 is 14.7 Å². The fourth-order valence-electron chi connectivity index (χ4n) is 1.46. The Kier molecular flexibility index (Phi) is 3.23. The van der Waals surface area contributed by atoms with Crippen LogP contribution in [0, 0.1) is 0 Å². The lowest BCUT2D eigenvalue weighted by molar-refractivity contribution is 0.441. The van der Waals surface area contributed by atoms with E-state index in [-0.39, 0.29) is 6.04 Å². The van der Waals surface area contributed by atoms with Gasteiger partial charge in [-0.3, -0.25) is 0 Å². The molecular weight excluding hydrogens is 258 g/mol. The summed E-state index contributed by atoms with van der Waals surface area (Å²) in [5, 5.41) is 3.31. The van der Waals surface area contributed by atoms with Crippen molar-refractivity contribution in [1.82, 2.24) is 15.3 Å². The van der Waals surface area contributed by atoms with Gasteiger partial charge >= 0.3 is 0 Å². The molecule has 5 heteroatoms. The lowest BCUT2D eigenvalue weighted by Gasteiger charge is -2.13. The number of H-pyrrole nitrogens is 1. The van der Waals surface area contributed by atoms with E-state index >= 15 is 0 Å². The molecule has 0 spiro atoms. The summed E-state index contributed by atoms with van der Waals surface area (Å²) in [4.78, 5) is 7.32. The monoisotopic (exact) mass is 269 g/mol. The van der Waals surface area contributed by atoms with Crippen molar-refractivity contribution >= 4 is 15.9 Å². The van der Waals surface area contributed by atoms with Crippen molar-refractivity contribution in [2.45, 2.75) is 13.0 Å². The zero-order valence-corrected chi connectivity index (χ0v) is 9.91. The highest BCUT2D eigenvalue weighted by Gasteiger charge is 2.20. The topological polar surface area (TPSA) is 53.9 Å². The van der Waals surface area contributed by atoms with Crippen molar-refractivity contribution < 1.29 is 4.42 Å². The number of imidazole rings is 1. The third-order valence-electron chi connectivity index (χ3n) is 2.11. The second-order valence-corrected chi connectivity index (χ2v) is 3.95. The number of halogens is 1. The van der Waals surface area contributed by atoms with E-state index < -0.39 is 0 Å². The van der Waals surface area contributed by atoms with Gasteiger partial charge in [0, 0.05) is 12.4 Å². The minimum Gasteiger partial charge on any atom is -0.466 e. The lowest BCUT2D eigenvalue weighted by atomic mass is 10.2. The average Bonchev–Trinajstić information content (AvgIpc) is 2.85. The Morgan fingerprint density at radius 1 is 1.67 bits per heavy atom. The Balaban J connectivity index is 2.32.